The minimum atomic E-state index is -0.403. The van der Waals surface area contributed by atoms with Crippen LogP contribution in [0, 0.1) is 5.82 Å². The lowest BCUT2D eigenvalue weighted by Gasteiger charge is -2.02. The van der Waals surface area contributed by atoms with Crippen molar-refractivity contribution in [2.45, 2.75) is 6.54 Å². The molecule has 0 aliphatic carbocycles. The molecule has 2 aromatic carbocycles. The van der Waals surface area contributed by atoms with Gasteiger partial charge < -0.3 is 10.4 Å². The Hall–Kier alpha value is -2.48. The summed E-state index contributed by atoms with van der Waals surface area (Å²) in [5.41, 5.74) is 1.43. The van der Waals surface area contributed by atoms with E-state index in [0.29, 0.717) is 10.6 Å². The van der Waals surface area contributed by atoms with Crippen LogP contribution in [0.15, 0.2) is 42.5 Å². The third kappa shape index (κ3) is 5.03. The number of phenols is 1. The molecule has 27 heavy (non-hydrogen) atoms. The van der Waals surface area contributed by atoms with Gasteiger partial charge in [0.1, 0.15) is 11.6 Å². The topological polar surface area (TPSA) is 75.1 Å². The Morgan fingerprint density at radius 3 is 2.59 bits per heavy atom. The Labute approximate surface area is 168 Å². The van der Waals surface area contributed by atoms with E-state index < -0.39 is 5.91 Å². The fraction of sp³-hybridized carbons (Fsp3) is 0.0556. The van der Waals surface area contributed by atoms with Gasteiger partial charge in [-0.1, -0.05) is 52.7 Å². The average Bonchev–Trinajstić information content (AvgIpc) is 3.14. The lowest BCUT2D eigenvalue weighted by molar-refractivity contribution is 0.0950. The third-order valence-corrected chi connectivity index (χ3v) is 5.11. The van der Waals surface area contributed by atoms with Crippen molar-refractivity contribution in [3.63, 3.8) is 0 Å². The number of nitrogens with one attached hydrogen (secondary N) is 1. The van der Waals surface area contributed by atoms with Crippen molar-refractivity contribution in [1.82, 2.24) is 15.5 Å². The van der Waals surface area contributed by atoms with Gasteiger partial charge in [0, 0.05) is 6.54 Å². The molecule has 0 bridgehead atoms. The van der Waals surface area contributed by atoms with Gasteiger partial charge in [0.05, 0.1) is 10.1 Å². The number of rotatable bonds is 5. The highest BCUT2D eigenvalue weighted by molar-refractivity contribution is 7.15. The minimum Gasteiger partial charge on any atom is -0.506 e. The van der Waals surface area contributed by atoms with Gasteiger partial charge in [0.15, 0.2) is 5.01 Å². The van der Waals surface area contributed by atoms with E-state index in [-0.39, 0.29) is 33.2 Å². The third-order valence-electron chi connectivity index (χ3n) is 3.46. The van der Waals surface area contributed by atoms with Crippen molar-refractivity contribution in [3.05, 3.63) is 74.4 Å². The summed E-state index contributed by atoms with van der Waals surface area (Å²) in [5, 5.41) is 20.9. The van der Waals surface area contributed by atoms with Crippen LogP contribution < -0.4 is 5.32 Å². The molecule has 138 valence electrons. The van der Waals surface area contributed by atoms with Crippen LogP contribution in [0.4, 0.5) is 4.39 Å². The molecule has 9 heteroatoms. The van der Waals surface area contributed by atoms with Crippen LogP contribution in [-0.4, -0.2) is 21.2 Å². The van der Waals surface area contributed by atoms with E-state index in [4.69, 9.17) is 23.2 Å². The number of phenolic OH excluding ortho intramolecular Hbond substituents is 1. The van der Waals surface area contributed by atoms with Crippen molar-refractivity contribution in [2.24, 2.45) is 0 Å². The number of hydrogen-bond acceptors (Lipinski definition) is 5. The second-order valence-electron chi connectivity index (χ2n) is 5.42. The predicted molar refractivity (Wildman–Crippen MR) is 104 cm³/mol. The first kappa shape index (κ1) is 19.3. The standard InChI is InChI=1S/C18H12Cl2FN3O2S/c19-13-7-11(3-6-15(13)25)8-14(20)17-23-24-18(27-17)16(26)22-9-10-1-4-12(21)5-2-10/h1-8,25H,9H2,(H,22,26)/b14-8+. The van der Waals surface area contributed by atoms with Crippen molar-refractivity contribution in [3.8, 4) is 5.75 Å². The average molecular weight is 424 g/mol. The molecule has 0 radical (unpaired) electrons. The van der Waals surface area contributed by atoms with Crippen LogP contribution in [0.5, 0.6) is 5.75 Å². The molecule has 5 nitrogen and oxygen atoms in total. The van der Waals surface area contributed by atoms with Gasteiger partial charge in [-0.05, 0) is 41.5 Å². The maximum Gasteiger partial charge on any atom is 0.282 e. The molecule has 0 fully saturated rings. The molecule has 0 aliphatic rings. The summed E-state index contributed by atoms with van der Waals surface area (Å²) in [4.78, 5) is 12.2. The predicted octanol–water partition coefficient (Wildman–Crippen LogP) is 4.70. The second kappa shape index (κ2) is 8.47. The number of benzene rings is 2. The number of nitrogens with zero attached hydrogens (tertiary/aromatic N) is 2. The molecular formula is C18H12Cl2FN3O2S. The van der Waals surface area contributed by atoms with Crippen LogP contribution >= 0.6 is 34.5 Å². The van der Waals surface area contributed by atoms with Crippen molar-refractivity contribution in [1.29, 1.82) is 0 Å². The Bertz CT molecular complexity index is 1010. The van der Waals surface area contributed by atoms with Crippen molar-refractivity contribution in [2.75, 3.05) is 0 Å². The summed E-state index contributed by atoms with van der Waals surface area (Å²) in [6.07, 6.45) is 1.60. The number of carbonyl (C=O) groups excluding carboxylic acids is 1. The maximum atomic E-state index is 12.9. The van der Waals surface area contributed by atoms with Crippen LogP contribution in [0.1, 0.15) is 25.9 Å². The normalized spacial score (nSPS) is 11.4. The Morgan fingerprint density at radius 2 is 1.89 bits per heavy atom. The van der Waals surface area contributed by atoms with E-state index in [1.807, 2.05) is 0 Å². The fourth-order valence-electron chi connectivity index (χ4n) is 2.09. The zero-order chi connectivity index (χ0) is 19.4. The van der Waals surface area contributed by atoms with E-state index in [9.17, 15) is 14.3 Å². The van der Waals surface area contributed by atoms with Gasteiger partial charge in [0.2, 0.25) is 5.01 Å². The Balaban J connectivity index is 1.67. The van der Waals surface area contributed by atoms with E-state index in [1.54, 1.807) is 30.3 Å². The molecule has 1 heterocycles. The van der Waals surface area contributed by atoms with E-state index in [0.717, 1.165) is 16.9 Å². The molecule has 0 unspecified atom stereocenters. The molecule has 0 spiro atoms. The van der Waals surface area contributed by atoms with Gasteiger partial charge in [0.25, 0.3) is 5.91 Å². The van der Waals surface area contributed by atoms with E-state index in [1.165, 1.54) is 18.2 Å². The van der Waals surface area contributed by atoms with Gasteiger partial charge in [-0.3, -0.25) is 4.79 Å². The monoisotopic (exact) mass is 423 g/mol. The Morgan fingerprint density at radius 1 is 1.19 bits per heavy atom. The maximum absolute atomic E-state index is 12.9. The number of aromatic hydroxyl groups is 1. The minimum absolute atomic E-state index is 0.0269. The highest BCUT2D eigenvalue weighted by atomic mass is 35.5. The molecule has 3 aromatic rings. The summed E-state index contributed by atoms with van der Waals surface area (Å²) in [5.74, 6) is -0.767. The zero-order valence-electron chi connectivity index (χ0n) is 13.6. The van der Waals surface area contributed by atoms with Crippen LogP contribution in [-0.2, 0) is 6.54 Å². The molecule has 1 amide bonds. The second-order valence-corrected chi connectivity index (χ2v) is 7.22. The lowest BCUT2D eigenvalue weighted by Crippen LogP contribution is -2.22. The summed E-state index contributed by atoms with van der Waals surface area (Å²) < 4.78 is 12.9. The summed E-state index contributed by atoms with van der Waals surface area (Å²) in [6.45, 7) is 0.240. The summed E-state index contributed by atoms with van der Waals surface area (Å²) in [6, 6.07) is 10.5. The van der Waals surface area contributed by atoms with Crippen LogP contribution in [0.25, 0.3) is 11.1 Å². The van der Waals surface area contributed by atoms with Gasteiger partial charge in [-0.2, -0.15) is 0 Å². The molecular weight excluding hydrogens is 412 g/mol. The first-order valence-electron chi connectivity index (χ1n) is 7.64. The highest BCUT2D eigenvalue weighted by Gasteiger charge is 2.14. The molecule has 3 rings (SSSR count). The molecule has 0 aliphatic heterocycles. The quantitative estimate of drug-likeness (QED) is 0.623. The zero-order valence-corrected chi connectivity index (χ0v) is 15.9. The number of hydrogen-bond donors (Lipinski definition) is 2. The first-order chi connectivity index (χ1) is 12.9. The highest BCUT2D eigenvalue weighted by Crippen LogP contribution is 2.29. The summed E-state index contributed by atoms with van der Waals surface area (Å²) >= 11 is 13.1. The lowest BCUT2D eigenvalue weighted by atomic mass is 10.2. The smallest absolute Gasteiger partial charge is 0.282 e. The van der Waals surface area contributed by atoms with E-state index in [2.05, 4.69) is 15.5 Å². The van der Waals surface area contributed by atoms with E-state index >= 15 is 0 Å². The van der Waals surface area contributed by atoms with Gasteiger partial charge in [-0.15, -0.1) is 10.2 Å². The number of amides is 1. The molecule has 0 saturated heterocycles. The molecule has 2 N–H and O–H groups in total. The molecule has 0 atom stereocenters. The van der Waals surface area contributed by atoms with Crippen molar-refractivity contribution < 1.29 is 14.3 Å². The first-order valence-corrected chi connectivity index (χ1v) is 9.22. The number of carbonyl (C=O) groups is 1. The van der Waals surface area contributed by atoms with Crippen molar-refractivity contribution >= 4 is 51.6 Å². The molecule has 1 aromatic heterocycles. The largest absolute Gasteiger partial charge is 0.506 e. The SMILES string of the molecule is O=C(NCc1ccc(F)cc1)c1nnc(/C(Cl)=C\c2ccc(O)c(Cl)c2)s1. The van der Waals surface area contributed by atoms with Crippen LogP contribution in [0.2, 0.25) is 5.02 Å². The fourth-order valence-corrected chi connectivity index (χ4v) is 3.23. The van der Waals surface area contributed by atoms with Gasteiger partial charge in [-0.25, -0.2) is 4.39 Å². The number of halogens is 3. The summed E-state index contributed by atoms with van der Waals surface area (Å²) in [7, 11) is 0. The Kier molecular flexibility index (Phi) is 6.05. The van der Waals surface area contributed by atoms with Gasteiger partial charge >= 0.3 is 0 Å². The molecule has 0 saturated carbocycles. The van der Waals surface area contributed by atoms with Crippen LogP contribution in [0.3, 0.4) is 0 Å². The number of aromatic nitrogens is 2.